The van der Waals surface area contributed by atoms with Crippen LogP contribution in [0.4, 0.5) is 11.4 Å². The molecule has 2 aliphatic heterocycles. The van der Waals surface area contributed by atoms with Crippen molar-refractivity contribution in [3.8, 4) is 5.75 Å². The van der Waals surface area contributed by atoms with Crippen LogP contribution in [0.2, 0.25) is 0 Å². The number of rotatable bonds is 6. The number of ether oxygens (including phenoxy) is 2. The van der Waals surface area contributed by atoms with E-state index in [0.717, 1.165) is 43.1 Å². The Bertz CT molecular complexity index is 1320. The third kappa shape index (κ3) is 5.03. The molecule has 1 saturated heterocycles. The predicted molar refractivity (Wildman–Crippen MR) is 138 cm³/mol. The van der Waals surface area contributed by atoms with Gasteiger partial charge >= 0.3 is 0 Å². The number of nitrogens with one attached hydrogen (secondary N) is 1. The second-order valence-electron chi connectivity index (χ2n) is 8.91. The Hall–Kier alpha value is -3.56. The molecular weight excluding hydrogens is 478 g/mol. The van der Waals surface area contributed by atoms with E-state index in [1.807, 2.05) is 31.2 Å². The summed E-state index contributed by atoms with van der Waals surface area (Å²) in [5, 5.41) is 2.90. The van der Waals surface area contributed by atoms with Crippen LogP contribution in [0.15, 0.2) is 77.7 Å². The van der Waals surface area contributed by atoms with Crippen molar-refractivity contribution in [2.45, 2.75) is 24.5 Å². The van der Waals surface area contributed by atoms with Crippen molar-refractivity contribution in [3.05, 3.63) is 83.9 Å². The van der Waals surface area contributed by atoms with Gasteiger partial charge in [0.25, 0.3) is 15.9 Å². The average molecular weight is 508 g/mol. The van der Waals surface area contributed by atoms with E-state index in [1.54, 1.807) is 48.5 Å². The molecule has 2 heterocycles. The zero-order valence-electron chi connectivity index (χ0n) is 20.1. The third-order valence-electron chi connectivity index (χ3n) is 6.42. The first kappa shape index (κ1) is 24.1. The number of morpholine rings is 1. The summed E-state index contributed by atoms with van der Waals surface area (Å²) in [5.74, 6) is -0.0136. The van der Waals surface area contributed by atoms with Crippen LogP contribution in [0.25, 0.3) is 0 Å². The lowest BCUT2D eigenvalue weighted by atomic mass is 10.1. The number of anilines is 2. The zero-order valence-corrected chi connectivity index (χ0v) is 20.9. The standard InChI is InChI=1S/C27H29N3O5S/c1-20-6-12-23(13-7-20)36(32,33)30-19-26(35-25-5-3-2-4-24(25)30)27(31)28-18-21-8-10-22(11-9-21)29-14-16-34-17-15-29/h2-13,26H,14-19H2,1H3,(H,28,31)/t26-/m1/s1. The lowest BCUT2D eigenvalue weighted by molar-refractivity contribution is -0.127. The van der Waals surface area contributed by atoms with Gasteiger partial charge in [0.1, 0.15) is 5.75 Å². The SMILES string of the molecule is Cc1ccc(S(=O)(=O)N2C[C@H](C(=O)NCc3ccc(N4CCOCC4)cc3)Oc3ccccc32)cc1. The van der Waals surface area contributed by atoms with E-state index in [2.05, 4.69) is 10.2 Å². The number of hydrogen-bond acceptors (Lipinski definition) is 6. The average Bonchev–Trinajstić information content (AvgIpc) is 2.92. The molecule has 0 saturated carbocycles. The molecule has 1 atom stereocenters. The molecule has 0 bridgehead atoms. The second kappa shape index (κ2) is 10.2. The Kier molecular flexibility index (Phi) is 6.84. The first-order valence-electron chi connectivity index (χ1n) is 12.0. The Morgan fingerprint density at radius 1 is 0.972 bits per heavy atom. The topological polar surface area (TPSA) is 88.2 Å². The molecule has 3 aromatic rings. The van der Waals surface area contributed by atoms with Crippen LogP contribution in [0.1, 0.15) is 11.1 Å². The maximum absolute atomic E-state index is 13.5. The molecule has 0 spiro atoms. The maximum Gasteiger partial charge on any atom is 0.264 e. The number of carbonyl (C=O) groups excluding carboxylic acids is 1. The van der Waals surface area contributed by atoms with Gasteiger partial charge in [0.2, 0.25) is 0 Å². The number of hydrogen-bond donors (Lipinski definition) is 1. The highest BCUT2D eigenvalue weighted by Gasteiger charge is 2.37. The van der Waals surface area contributed by atoms with Gasteiger partial charge in [-0.15, -0.1) is 0 Å². The minimum absolute atomic E-state index is 0.116. The highest BCUT2D eigenvalue weighted by molar-refractivity contribution is 7.92. The van der Waals surface area contributed by atoms with Crippen molar-refractivity contribution in [1.29, 1.82) is 0 Å². The predicted octanol–water partition coefficient (Wildman–Crippen LogP) is 3.10. The molecule has 9 heteroatoms. The van der Waals surface area contributed by atoms with Gasteiger partial charge in [0, 0.05) is 25.3 Å². The molecule has 1 N–H and O–H groups in total. The van der Waals surface area contributed by atoms with Gasteiger partial charge in [-0.2, -0.15) is 0 Å². The smallest absolute Gasteiger partial charge is 0.264 e. The van der Waals surface area contributed by atoms with E-state index in [4.69, 9.17) is 9.47 Å². The van der Waals surface area contributed by atoms with Crippen LogP contribution in [0, 0.1) is 6.92 Å². The van der Waals surface area contributed by atoms with Gasteiger partial charge in [0.15, 0.2) is 6.10 Å². The summed E-state index contributed by atoms with van der Waals surface area (Å²) in [5.41, 5.74) is 3.45. The molecule has 2 aliphatic rings. The monoisotopic (exact) mass is 507 g/mol. The van der Waals surface area contributed by atoms with Crippen molar-refractivity contribution in [2.75, 3.05) is 42.1 Å². The van der Waals surface area contributed by atoms with Crippen molar-refractivity contribution in [2.24, 2.45) is 0 Å². The van der Waals surface area contributed by atoms with Gasteiger partial charge in [-0.1, -0.05) is 42.0 Å². The number of aryl methyl sites for hydroxylation is 1. The van der Waals surface area contributed by atoms with E-state index in [9.17, 15) is 13.2 Å². The molecule has 8 nitrogen and oxygen atoms in total. The Labute approximate surface area is 211 Å². The van der Waals surface area contributed by atoms with Crippen LogP contribution in [0.3, 0.4) is 0 Å². The van der Waals surface area contributed by atoms with Crippen LogP contribution in [0.5, 0.6) is 5.75 Å². The summed E-state index contributed by atoms with van der Waals surface area (Å²) in [7, 11) is -3.88. The van der Waals surface area contributed by atoms with Gasteiger partial charge in [-0.3, -0.25) is 9.10 Å². The normalized spacial score (nSPS) is 17.8. The van der Waals surface area contributed by atoms with E-state index in [1.165, 1.54) is 4.31 Å². The molecule has 188 valence electrons. The van der Waals surface area contributed by atoms with Gasteiger partial charge < -0.3 is 19.7 Å². The fraction of sp³-hybridized carbons (Fsp3) is 0.296. The Morgan fingerprint density at radius 2 is 1.67 bits per heavy atom. The first-order chi connectivity index (χ1) is 17.4. The number of carbonyl (C=O) groups is 1. The van der Waals surface area contributed by atoms with Gasteiger partial charge in [0.05, 0.1) is 30.3 Å². The molecule has 0 aliphatic carbocycles. The van der Waals surface area contributed by atoms with Gasteiger partial charge in [-0.25, -0.2) is 8.42 Å². The summed E-state index contributed by atoms with van der Waals surface area (Å²) in [6, 6.07) is 21.6. The molecule has 3 aromatic carbocycles. The number of fused-ring (bicyclic) bond motifs is 1. The quantitative estimate of drug-likeness (QED) is 0.552. The molecular formula is C27H29N3O5S. The number of sulfonamides is 1. The van der Waals surface area contributed by atoms with E-state index >= 15 is 0 Å². The Balaban J connectivity index is 1.29. The van der Waals surface area contributed by atoms with Gasteiger partial charge in [-0.05, 0) is 48.9 Å². The lowest BCUT2D eigenvalue weighted by Crippen LogP contribution is -2.50. The van der Waals surface area contributed by atoms with Crippen molar-refractivity contribution >= 4 is 27.3 Å². The number of nitrogens with zero attached hydrogens (tertiary/aromatic N) is 2. The fourth-order valence-corrected chi connectivity index (χ4v) is 5.83. The molecule has 5 rings (SSSR count). The molecule has 0 radical (unpaired) electrons. The summed E-state index contributed by atoms with van der Waals surface area (Å²) < 4.78 is 39.6. The van der Waals surface area contributed by atoms with Crippen LogP contribution in [-0.2, 0) is 26.1 Å². The van der Waals surface area contributed by atoms with Crippen LogP contribution >= 0.6 is 0 Å². The van der Waals surface area contributed by atoms with E-state index < -0.39 is 16.1 Å². The first-order valence-corrected chi connectivity index (χ1v) is 13.4. The van der Waals surface area contributed by atoms with Crippen molar-refractivity contribution < 1.29 is 22.7 Å². The van der Waals surface area contributed by atoms with E-state index in [-0.39, 0.29) is 17.3 Å². The van der Waals surface area contributed by atoms with Crippen molar-refractivity contribution in [1.82, 2.24) is 5.32 Å². The lowest BCUT2D eigenvalue weighted by Gasteiger charge is -2.34. The van der Waals surface area contributed by atoms with Crippen molar-refractivity contribution in [3.63, 3.8) is 0 Å². The van der Waals surface area contributed by atoms with E-state index in [0.29, 0.717) is 18.0 Å². The van der Waals surface area contributed by atoms with Crippen LogP contribution in [-0.4, -0.2) is 53.3 Å². The highest BCUT2D eigenvalue weighted by Crippen LogP contribution is 2.36. The largest absolute Gasteiger partial charge is 0.476 e. The van der Waals surface area contributed by atoms with Crippen LogP contribution < -0.4 is 19.3 Å². The second-order valence-corrected chi connectivity index (χ2v) is 10.8. The zero-order chi connectivity index (χ0) is 25.1. The number of amides is 1. The minimum Gasteiger partial charge on any atom is -0.476 e. The summed E-state index contributed by atoms with van der Waals surface area (Å²) in [6.07, 6.45) is -0.979. The summed E-state index contributed by atoms with van der Waals surface area (Å²) in [6.45, 7) is 5.26. The number of para-hydroxylation sites is 2. The fourth-order valence-electron chi connectivity index (χ4n) is 4.35. The molecule has 1 amide bonds. The highest BCUT2D eigenvalue weighted by atomic mass is 32.2. The molecule has 0 unspecified atom stereocenters. The number of benzene rings is 3. The maximum atomic E-state index is 13.5. The Morgan fingerprint density at radius 3 is 2.39 bits per heavy atom. The third-order valence-corrected chi connectivity index (χ3v) is 8.21. The minimum atomic E-state index is -3.88. The molecule has 36 heavy (non-hydrogen) atoms. The summed E-state index contributed by atoms with van der Waals surface area (Å²) in [4.78, 5) is 15.5. The molecule has 1 fully saturated rings. The summed E-state index contributed by atoms with van der Waals surface area (Å²) >= 11 is 0. The molecule has 0 aromatic heterocycles.